The molecule has 152 valence electrons. The Morgan fingerprint density at radius 3 is 2.41 bits per heavy atom. The van der Waals surface area contributed by atoms with Gasteiger partial charge >= 0.3 is 6.09 Å². The van der Waals surface area contributed by atoms with Gasteiger partial charge in [0.25, 0.3) is 0 Å². The summed E-state index contributed by atoms with van der Waals surface area (Å²) in [5.41, 5.74) is 7.73. The topological polar surface area (TPSA) is 84.6 Å². The Kier molecular flexibility index (Phi) is 6.28. The van der Waals surface area contributed by atoms with E-state index in [9.17, 15) is 4.79 Å². The van der Waals surface area contributed by atoms with E-state index in [2.05, 4.69) is 42.6 Å². The molecule has 1 aliphatic heterocycles. The molecule has 2 aromatic rings. The van der Waals surface area contributed by atoms with Crippen molar-refractivity contribution in [1.82, 2.24) is 14.9 Å². The van der Waals surface area contributed by atoms with Crippen molar-refractivity contribution in [3.05, 3.63) is 46.3 Å². The van der Waals surface area contributed by atoms with Gasteiger partial charge < -0.3 is 20.3 Å². The second-order valence-corrected chi connectivity index (χ2v) is 8.49. The summed E-state index contributed by atoms with van der Waals surface area (Å²) in [6.07, 6.45) is 1.29. The quantitative estimate of drug-likeness (QED) is 0.661. The maximum atomic E-state index is 12.2. The Hall–Kier alpha value is -2.79. The first-order chi connectivity index (χ1) is 13.7. The number of amides is 1. The van der Waals surface area contributed by atoms with Crippen molar-refractivity contribution >= 4 is 33.5 Å². The van der Waals surface area contributed by atoms with Crippen LogP contribution in [-0.4, -0.2) is 52.7 Å². The zero-order valence-corrected chi connectivity index (χ0v) is 18.4. The number of nitrogens with zero attached hydrogens (tertiary/aromatic N) is 4. The Bertz CT molecular complexity index is 936. The van der Waals surface area contributed by atoms with Crippen molar-refractivity contribution in [2.24, 2.45) is 0 Å². The summed E-state index contributed by atoms with van der Waals surface area (Å²) < 4.78 is 6.04. The van der Waals surface area contributed by atoms with Gasteiger partial charge in [-0.3, -0.25) is 0 Å². The number of carbonyl (C=O) groups excluding carboxylic acids is 1. The average Bonchev–Trinajstić information content (AvgIpc) is 2.68. The van der Waals surface area contributed by atoms with Gasteiger partial charge in [0.15, 0.2) is 11.5 Å². The minimum absolute atomic E-state index is 0.252. The van der Waals surface area contributed by atoms with E-state index in [1.807, 2.05) is 45.0 Å². The van der Waals surface area contributed by atoms with Gasteiger partial charge in [-0.2, -0.15) is 0 Å². The largest absolute Gasteiger partial charge is 0.444 e. The summed E-state index contributed by atoms with van der Waals surface area (Å²) in [5, 5.41) is 0. The highest BCUT2D eigenvalue weighted by Gasteiger charge is 2.25. The molecule has 1 aliphatic rings. The molecule has 0 radical (unpaired) electrons. The summed E-state index contributed by atoms with van der Waals surface area (Å²) in [6, 6.07) is 7.99. The standard InChI is InChI=1S/C21H24BrN5O2/c1-21(2,3)29-20(28)27-12-10-26(11-13-27)16-7-4-15(5-8-16)6-9-17-19(23)24-14-18(22)25-17/h4-5,7-8,14H,10-13H2,1-3H3,(H2,23,24). The van der Waals surface area contributed by atoms with Crippen LogP contribution in [0.5, 0.6) is 0 Å². The number of carbonyl (C=O) groups is 1. The maximum Gasteiger partial charge on any atom is 0.410 e. The molecule has 1 aromatic carbocycles. The van der Waals surface area contributed by atoms with E-state index in [-0.39, 0.29) is 6.09 Å². The Morgan fingerprint density at radius 1 is 1.14 bits per heavy atom. The summed E-state index contributed by atoms with van der Waals surface area (Å²) in [4.78, 5) is 24.4. The molecule has 7 nitrogen and oxygen atoms in total. The number of hydrogen-bond acceptors (Lipinski definition) is 6. The number of nitrogens with two attached hydrogens (primary N) is 1. The van der Waals surface area contributed by atoms with Crippen LogP contribution in [0, 0.1) is 11.8 Å². The van der Waals surface area contributed by atoms with Crippen molar-refractivity contribution in [2.75, 3.05) is 36.8 Å². The van der Waals surface area contributed by atoms with Crippen LogP contribution in [0.4, 0.5) is 16.3 Å². The minimum atomic E-state index is -0.475. The third-order valence-electron chi connectivity index (χ3n) is 4.26. The Balaban J connectivity index is 1.60. The maximum absolute atomic E-state index is 12.2. The van der Waals surface area contributed by atoms with Crippen LogP contribution in [0.25, 0.3) is 0 Å². The number of benzene rings is 1. The van der Waals surface area contributed by atoms with Crippen molar-refractivity contribution in [3.8, 4) is 11.8 Å². The van der Waals surface area contributed by atoms with Gasteiger partial charge in [-0.25, -0.2) is 14.8 Å². The molecular formula is C21H24BrN5O2. The van der Waals surface area contributed by atoms with Crippen molar-refractivity contribution in [3.63, 3.8) is 0 Å². The monoisotopic (exact) mass is 457 g/mol. The zero-order valence-electron chi connectivity index (χ0n) is 16.8. The normalized spacial score (nSPS) is 14.2. The van der Waals surface area contributed by atoms with Gasteiger partial charge in [0.1, 0.15) is 10.2 Å². The first kappa shape index (κ1) is 20.9. The van der Waals surface area contributed by atoms with Crippen LogP contribution in [0.3, 0.4) is 0 Å². The third kappa shape index (κ3) is 5.84. The molecule has 0 atom stereocenters. The van der Waals surface area contributed by atoms with Gasteiger partial charge in [-0.15, -0.1) is 0 Å². The molecule has 1 saturated heterocycles. The van der Waals surface area contributed by atoms with Crippen molar-refractivity contribution in [1.29, 1.82) is 0 Å². The molecule has 1 aromatic heterocycles. The second-order valence-electron chi connectivity index (χ2n) is 7.68. The minimum Gasteiger partial charge on any atom is -0.444 e. The second kappa shape index (κ2) is 8.70. The molecule has 2 heterocycles. The average molecular weight is 458 g/mol. The van der Waals surface area contributed by atoms with E-state index in [0.717, 1.165) is 24.3 Å². The van der Waals surface area contributed by atoms with Crippen LogP contribution in [0.2, 0.25) is 0 Å². The first-order valence-electron chi connectivity index (χ1n) is 9.34. The van der Waals surface area contributed by atoms with Crippen molar-refractivity contribution < 1.29 is 9.53 Å². The summed E-state index contributed by atoms with van der Waals surface area (Å²) in [5.74, 6) is 6.32. The molecule has 0 bridgehead atoms. The van der Waals surface area contributed by atoms with E-state index in [1.165, 1.54) is 6.20 Å². The van der Waals surface area contributed by atoms with Gasteiger partial charge in [0, 0.05) is 37.4 Å². The molecule has 2 N–H and O–H groups in total. The summed E-state index contributed by atoms with van der Waals surface area (Å²) in [6.45, 7) is 8.42. The molecule has 1 amide bonds. The van der Waals surface area contributed by atoms with Gasteiger partial charge in [0.2, 0.25) is 0 Å². The first-order valence-corrected chi connectivity index (χ1v) is 10.1. The number of nitrogen functional groups attached to an aromatic ring is 1. The number of piperazine rings is 1. The zero-order chi connectivity index (χ0) is 21.0. The van der Waals surface area contributed by atoms with Crippen LogP contribution in [-0.2, 0) is 4.74 Å². The molecule has 8 heteroatoms. The van der Waals surface area contributed by atoms with Crippen LogP contribution >= 0.6 is 15.9 Å². The molecule has 0 saturated carbocycles. The smallest absolute Gasteiger partial charge is 0.410 e. The number of rotatable bonds is 1. The van der Waals surface area contributed by atoms with E-state index in [1.54, 1.807) is 4.90 Å². The van der Waals surface area contributed by atoms with E-state index >= 15 is 0 Å². The predicted molar refractivity (Wildman–Crippen MR) is 117 cm³/mol. The van der Waals surface area contributed by atoms with Crippen LogP contribution in [0.15, 0.2) is 35.1 Å². The molecule has 1 fully saturated rings. The Labute approximate surface area is 179 Å². The van der Waals surface area contributed by atoms with Crippen LogP contribution in [0.1, 0.15) is 32.0 Å². The predicted octanol–water partition coefficient (Wildman–Crippen LogP) is 3.28. The Morgan fingerprint density at radius 2 is 1.79 bits per heavy atom. The molecule has 0 spiro atoms. The molecule has 0 aliphatic carbocycles. The lowest BCUT2D eigenvalue weighted by Crippen LogP contribution is -2.50. The highest BCUT2D eigenvalue weighted by atomic mass is 79.9. The summed E-state index contributed by atoms with van der Waals surface area (Å²) in [7, 11) is 0. The van der Waals surface area contributed by atoms with E-state index in [0.29, 0.717) is 29.2 Å². The molecular weight excluding hydrogens is 434 g/mol. The van der Waals surface area contributed by atoms with E-state index in [4.69, 9.17) is 10.5 Å². The number of anilines is 2. The highest BCUT2D eigenvalue weighted by Crippen LogP contribution is 2.19. The summed E-state index contributed by atoms with van der Waals surface area (Å²) >= 11 is 3.27. The fraction of sp³-hybridized carbons (Fsp3) is 0.381. The van der Waals surface area contributed by atoms with Crippen molar-refractivity contribution in [2.45, 2.75) is 26.4 Å². The molecule has 0 unspecified atom stereocenters. The lowest BCUT2D eigenvalue weighted by atomic mass is 10.1. The fourth-order valence-electron chi connectivity index (χ4n) is 2.83. The SMILES string of the molecule is CC(C)(C)OC(=O)N1CCN(c2ccc(C#Cc3nc(Br)cnc3N)cc2)CC1. The number of halogens is 1. The lowest BCUT2D eigenvalue weighted by Gasteiger charge is -2.36. The van der Waals surface area contributed by atoms with Crippen LogP contribution < -0.4 is 10.6 Å². The molecule has 3 rings (SSSR count). The third-order valence-corrected chi connectivity index (χ3v) is 4.64. The van der Waals surface area contributed by atoms with Gasteiger partial charge in [-0.1, -0.05) is 5.92 Å². The van der Waals surface area contributed by atoms with Gasteiger partial charge in [-0.05, 0) is 66.9 Å². The fourth-order valence-corrected chi connectivity index (χ4v) is 3.11. The van der Waals surface area contributed by atoms with Gasteiger partial charge in [0.05, 0.1) is 6.20 Å². The number of hydrogen-bond donors (Lipinski definition) is 1. The molecule has 29 heavy (non-hydrogen) atoms. The van der Waals surface area contributed by atoms with E-state index < -0.39 is 5.60 Å². The number of ether oxygens (including phenoxy) is 1. The highest BCUT2D eigenvalue weighted by molar-refractivity contribution is 9.10. The number of aromatic nitrogens is 2. The lowest BCUT2D eigenvalue weighted by molar-refractivity contribution is 0.0240.